The number of hydrogen-bond acceptors (Lipinski definition) is 6. The van der Waals surface area contributed by atoms with Crippen LogP contribution in [0.15, 0.2) is 0 Å². The number of thiazole rings is 1. The minimum Gasteiger partial charge on any atom is -0.391 e. The zero-order valence-corrected chi connectivity index (χ0v) is 11.9. The van der Waals surface area contributed by atoms with Crippen LogP contribution >= 0.6 is 11.3 Å². The lowest BCUT2D eigenvalue weighted by Gasteiger charge is -2.35. The Morgan fingerprint density at radius 2 is 2.11 bits per heavy atom. The van der Waals surface area contributed by atoms with E-state index in [9.17, 15) is 5.11 Å². The van der Waals surface area contributed by atoms with Crippen molar-refractivity contribution in [3.63, 3.8) is 0 Å². The molecule has 1 aliphatic rings. The lowest BCUT2D eigenvalue weighted by Crippen LogP contribution is -2.45. The van der Waals surface area contributed by atoms with Gasteiger partial charge in [0.2, 0.25) is 0 Å². The number of rotatable bonds is 4. The normalized spacial score (nSPS) is 24.6. The molecule has 1 fully saturated rings. The fourth-order valence-corrected chi connectivity index (χ4v) is 3.15. The molecule has 6 heteroatoms. The summed E-state index contributed by atoms with van der Waals surface area (Å²) >= 11 is 1.54. The average molecular weight is 272 g/mol. The van der Waals surface area contributed by atoms with Crippen molar-refractivity contribution in [2.24, 2.45) is 0 Å². The summed E-state index contributed by atoms with van der Waals surface area (Å²) in [7, 11) is 1.64. The summed E-state index contributed by atoms with van der Waals surface area (Å²) in [6, 6.07) is 0. The van der Waals surface area contributed by atoms with E-state index in [1.54, 1.807) is 7.11 Å². The summed E-state index contributed by atoms with van der Waals surface area (Å²) in [5.74, 6) is 0. The smallest absolute Gasteiger partial charge is 0.186 e. The van der Waals surface area contributed by atoms with Crippen molar-refractivity contribution in [3.05, 3.63) is 10.6 Å². The third-order valence-electron chi connectivity index (χ3n) is 2.88. The average Bonchev–Trinajstić information content (AvgIpc) is 2.71. The molecule has 2 rings (SSSR count). The first kappa shape index (κ1) is 13.7. The SMILES string of the molecule is COCc1nc(N2CC(C)OC(C)C2)sc1CO. The molecule has 102 valence electrons. The summed E-state index contributed by atoms with van der Waals surface area (Å²) < 4.78 is 10.8. The fourth-order valence-electron chi connectivity index (χ4n) is 2.21. The van der Waals surface area contributed by atoms with Crippen LogP contribution in [0.2, 0.25) is 0 Å². The number of hydrogen-bond donors (Lipinski definition) is 1. The lowest BCUT2D eigenvalue weighted by molar-refractivity contribution is -0.00524. The molecule has 0 amide bonds. The summed E-state index contributed by atoms with van der Waals surface area (Å²) in [4.78, 5) is 7.68. The zero-order chi connectivity index (χ0) is 13.1. The van der Waals surface area contributed by atoms with E-state index in [2.05, 4.69) is 23.7 Å². The summed E-state index contributed by atoms with van der Waals surface area (Å²) in [5, 5.41) is 10.3. The van der Waals surface area contributed by atoms with E-state index in [0.29, 0.717) is 6.61 Å². The van der Waals surface area contributed by atoms with Gasteiger partial charge in [0.05, 0.1) is 36.0 Å². The molecule has 5 nitrogen and oxygen atoms in total. The Balaban J connectivity index is 2.17. The molecule has 1 N–H and O–H groups in total. The second-order valence-corrected chi connectivity index (χ2v) is 5.68. The zero-order valence-electron chi connectivity index (χ0n) is 11.0. The van der Waals surface area contributed by atoms with Gasteiger partial charge in [-0.15, -0.1) is 0 Å². The van der Waals surface area contributed by atoms with Crippen LogP contribution in [-0.2, 0) is 22.7 Å². The molecule has 1 aliphatic heterocycles. The van der Waals surface area contributed by atoms with Gasteiger partial charge < -0.3 is 19.5 Å². The maximum atomic E-state index is 9.33. The van der Waals surface area contributed by atoms with E-state index in [4.69, 9.17) is 9.47 Å². The number of morpholine rings is 1. The lowest BCUT2D eigenvalue weighted by atomic mass is 10.2. The number of ether oxygens (including phenoxy) is 2. The molecule has 1 saturated heterocycles. The van der Waals surface area contributed by atoms with Crippen LogP contribution in [0, 0.1) is 0 Å². The molecule has 0 bridgehead atoms. The van der Waals surface area contributed by atoms with Crippen LogP contribution < -0.4 is 4.90 Å². The molecular weight excluding hydrogens is 252 g/mol. The van der Waals surface area contributed by atoms with Gasteiger partial charge in [-0.2, -0.15) is 0 Å². The highest BCUT2D eigenvalue weighted by Gasteiger charge is 2.25. The first-order valence-electron chi connectivity index (χ1n) is 6.12. The monoisotopic (exact) mass is 272 g/mol. The van der Waals surface area contributed by atoms with Gasteiger partial charge in [-0.3, -0.25) is 0 Å². The minimum absolute atomic E-state index is 0.0196. The van der Waals surface area contributed by atoms with E-state index >= 15 is 0 Å². The highest BCUT2D eigenvalue weighted by molar-refractivity contribution is 7.15. The van der Waals surface area contributed by atoms with E-state index in [1.807, 2.05) is 0 Å². The van der Waals surface area contributed by atoms with E-state index in [-0.39, 0.29) is 18.8 Å². The highest BCUT2D eigenvalue weighted by Crippen LogP contribution is 2.29. The summed E-state index contributed by atoms with van der Waals surface area (Å²) in [6.45, 7) is 6.29. The molecular formula is C12H20N2O3S. The molecule has 2 atom stereocenters. The number of nitrogens with zero attached hydrogens (tertiary/aromatic N) is 2. The number of aromatic nitrogens is 1. The van der Waals surface area contributed by atoms with E-state index < -0.39 is 0 Å². The molecule has 0 aromatic carbocycles. The fraction of sp³-hybridized carbons (Fsp3) is 0.750. The van der Waals surface area contributed by atoms with E-state index in [1.165, 1.54) is 11.3 Å². The van der Waals surface area contributed by atoms with Gasteiger partial charge in [0.25, 0.3) is 0 Å². The Labute approximate surface area is 111 Å². The second kappa shape index (κ2) is 5.97. The number of anilines is 1. The molecule has 1 aromatic rings. The van der Waals surface area contributed by atoms with Crippen molar-refractivity contribution in [1.82, 2.24) is 4.98 Å². The first-order chi connectivity index (χ1) is 8.63. The van der Waals surface area contributed by atoms with Crippen LogP contribution in [-0.4, -0.2) is 42.5 Å². The van der Waals surface area contributed by atoms with Gasteiger partial charge in [0.15, 0.2) is 5.13 Å². The van der Waals surface area contributed by atoms with Crippen molar-refractivity contribution in [2.75, 3.05) is 25.1 Å². The Morgan fingerprint density at radius 3 is 2.67 bits per heavy atom. The molecule has 0 saturated carbocycles. The van der Waals surface area contributed by atoms with Crippen LogP contribution in [0.5, 0.6) is 0 Å². The number of aliphatic hydroxyl groups is 1. The molecule has 1 aromatic heterocycles. The van der Waals surface area contributed by atoms with Gasteiger partial charge in [-0.1, -0.05) is 11.3 Å². The quantitative estimate of drug-likeness (QED) is 0.898. The molecule has 2 unspecified atom stereocenters. The molecule has 0 spiro atoms. The topological polar surface area (TPSA) is 54.8 Å². The van der Waals surface area contributed by atoms with Gasteiger partial charge in [-0.25, -0.2) is 4.98 Å². The standard InChI is InChI=1S/C12H20N2O3S/c1-8-4-14(5-9(2)17-8)12-13-10(7-16-3)11(6-15)18-12/h8-9,15H,4-7H2,1-3H3. The predicted molar refractivity (Wildman–Crippen MR) is 71.0 cm³/mol. The third-order valence-corrected chi connectivity index (χ3v) is 4.02. The van der Waals surface area contributed by atoms with Crippen LogP contribution in [0.25, 0.3) is 0 Å². The number of aliphatic hydroxyl groups excluding tert-OH is 1. The van der Waals surface area contributed by atoms with Crippen molar-refractivity contribution < 1.29 is 14.6 Å². The molecule has 0 radical (unpaired) electrons. The largest absolute Gasteiger partial charge is 0.391 e. The maximum absolute atomic E-state index is 9.33. The van der Waals surface area contributed by atoms with Crippen LogP contribution in [0.3, 0.4) is 0 Å². The summed E-state index contributed by atoms with van der Waals surface area (Å²) in [6.07, 6.45) is 0.419. The Bertz CT molecular complexity index is 387. The van der Waals surface area contributed by atoms with Gasteiger partial charge in [0.1, 0.15) is 0 Å². The molecule has 0 aliphatic carbocycles. The van der Waals surface area contributed by atoms with Gasteiger partial charge >= 0.3 is 0 Å². The predicted octanol–water partition coefficient (Wildman–Crippen LogP) is 1.40. The molecule has 18 heavy (non-hydrogen) atoms. The van der Waals surface area contributed by atoms with Crippen molar-refractivity contribution >= 4 is 16.5 Å². The Morgan fingerprint density at radius 1 is 1.44 bits per heavy atom. The van der Waals surface area contributed by atoms with E-state index in [0.717, 1.165) is 28.8 Å². The van der Waals surface area contributed by atoms with Crippen molar-refractivity contribution in [3.8, 4) is 0 Å². The van der Waals surface area contributed by atoms with Crippen molar-refractivity contribution in [1.29, 1.82) is 0 Å². The third kappa shape index (κ3) is 3.00. The Hall–Kier alpha value is -0.690. The number of methoxy groups -OCH3 is 1. The van der Waals surface area contributed by atoms with Crippen LogP contribution in [0.4, 0.5) is 5.13 Å². The first-order valence-corrected chi connectivity index (χ1v) is 6.94. The Kier molecular flexibility index (Phi) is 4.55. The van der Waals surface area contributed by atoms with Crippen molar-refractivity contribution in [2.45, 2.75) is 39.3 Å². The van der Waals surface area contributed by atoms with Crippen LogP contribution in [0.1, 0.15) is 24.4 Å². The van der Waals surface area contributed by atoms with Gasteiger partial charge in [0, 0.05) is 20.2 Å². The minimum atomic E-state index is 0.0196. The highest BCUT2D eigenvalue weighted by atomic mass is 32.1. The second-order valence-electron chi connectivity index (χ2n) is 4.62. The molecule has 2 heterocycles. The summed E-state index contributed by atoms with van der Waals surface area (Å²) in [5.41, 5.74) is 0.840. The van der Waals surface area contributed by atoms with Gasteiger partial charge in [-0.05, 0) is 13.8 Å². The maximum Gasteiger partial charge on any atom is 0.186 e.